The van der Waals surface area contributed by atoms with Gasteiger partial charge in [0, 0.05) is 13.1 Å². The van der Waals surface area contributed by atoms with Crippen molar-refractivity contribution in [3.8, 4) is 0 Å². The van der Waals surface area contributed by atoms with E-state index < -0.39 is 20.5 Å². The van der Waals surface area contributed by atoms with Gasteiger partial charge in [-0.25, -0.2) is 8.42 Å². The van der Waals surface area contributed by atoms with Gasteiger partial charge in [-0.2, -0.15) is 0 Å². The number of carbonyl (C=O) groups excluding carboxylic acids is 1. The summed E-state index contributed by atoms with van der Waals surface area (Å²) in [5.41, 5.74) is -0.783. The third-order valence-electron chi connectivity index (χ3n) is 2.96. The van der Waals surface area contributed by atoms with Crippen LogP contribution in [0.5, 0.6) is 0 Å². The van der Waals surface area contributed by atoms with Crippen LogP contribution in [0.25, 0.3) is 0 Å². The number of fused-ring (bicyclic) bond motifs is 1. The molecule has 0 unspecified atom stereocenters. The molecule has 2 saturated heterocycles. The monoisotopic (exact) mass is 219 g/mol. The summed E-state index contributed by atoms with van der Waals surface area (Å²) in [5.74, 6) is -0.430. The van der Waals surface area contributed by atoms with E-state index in [1.165, 1.54) is 0 Å². The Kier molecular flexibility index (Phi) is 2.08. The highest BCUT2D eigenvalue weighted by molar-refractivity contribution is 7.93. The van der Waals surface area contributed by atoms with Crippen LogP contribution in [-0.2, 0) is 19.4 Å². The van der Waals surface area contributed by atoms with Crippen molar-refractivity contribution >= 4 is 15.8 Å². The first-order valence-electron chi connectivity index (χ1n) is 4.62. The third kappa shape index (κ3) is 1.10. The van der Waals surface area contributed by atoms with Crippen molar-refractivity contribution in [2.24, 2.45) is 5.41 Å². The fraction of sp³-hybridized carbons (Fsp3) is 0.875. The number of nitrogens with one attached hydrogen (secondary N) is 1. The number of hydrogen-bond acceptors (Lipinski definition) is 5. The summed E-state index contributed by atoms with van der Waals surface area (Å²) in [5, 5.41) is 2.38. The summed E-state index contributed by atoms with van der Waals surface area (Å²) in [4.78, 5) is 11.6. The first-order valence-corrected chi connectivity index (χ1v) is 6.34. The average molecular weight is 219 g/mol. The highest BCUT2D eigenvalue weighted by Gasteiger charge is 2.66. The zero-order valence-electron chi connectivity index (χ0n) is 7.95. The van der Waals surface area contributed by atoms with E-state index in [0.29, 0.717) is 19.7 Å². The van der Waals surface area contributed by atoms with Gasteiger partial charge in [-0.15, -0.1) is 0 Å². The molecule has 0 saturated carbocycles. The molecular weight excluding hydrogens is 206 g/mol. The molecule has 2 rings (SSSR count). The molecule has 2 heterocycles. The summed E-state index contributed by atoms with van der Waals surface area (Å²) in [6.45, 7) is 2.82. The molecule has 80 valence electrons. The normalized spacial score (nSPS) is 38.5. The van der Waals surface area contributed by atoms with E-state index in [1.54, 1.807) is 6.92 Å². The summed E-state index contributed by atoms with van der Waals surface area (Å²) in [7, 11) is -3.04. The maximum absolute atomic E-state index is 11.6. The Morgan fingerprint density at radius 3 is 2.93 bits per heavy atom. The van der Waals surface area contributed by atoms with Gasteiger partial charge in [-0.05, 0) is 6.92 Å². The van der Waals surface area contributed by atoms with Gasteiger partial charge in [0.1, 0.15) is 5.41 Å². The van der Waals surface area contributed by atoms with Crippen LogP contribution in [-0.4, -0.2) is 45.1 Å². The van der Waals surface area contributed by atoms with Crippen molar-refractivity contribution < 1.29 is 17.9 Å². The number of rotatable bonds is 2. The lowest BCUT2D eigenvalue weighted by atomic mass is 9.88. The fourth-order valence-electron chi connectivity index (χ4n) is 2.25. The molecule has 14 heavy (non-hydrogen) atoms. The second-order valence-corrected chi connectivity index (χ2v) is 5.99. The zero-order chi connectivity index (χ0) is 10.4. The van der Waals surface area contributed by atoms with Crippen LogP contribution in [0.2, 0.25) is 0 Å². The van der Waals surface area contributed by atoms with E-state index >= 15 is 0 Å². The summed E-state index contributed by atoms with van der Waals surface area (Å²) in [6, 6.07) is 0. The standard InChI is InChI=1S/C8H13NO4S/c1-2-13-7(10)8-4-9-3-6(8)14(11,12)5-8/h6,9H,2-5H2,1H3/t6-,8+/m0/s1. The average Bonchev–Trinajstić information content (AvgIpc) is 2.45. The van der Waals surface area contributed by atoms with Gasteiger partial charge >= 0.3 is 5.97 Å². The zero-order valence-corrected chi connectivity index (χ0v) is 8.76. The molecular formula is C8H13NO4S. The molecule has 2 aliphatic rings. The molecule has 0 aliphatic carbocycles. The SMILES string of the molecule is CCOC(=O)[C@@]12CNC[C@@H]1S(=O)(=O)C2. The molecule has 0 spiro atoms. The Labute approximate surface area is 82.7 Å². The van der Waals surface area contributed by atoms with E-state index in [9.17, 15) is 13.2 Å². The molecule has 0 aromatic rings. The Morgan fingerprint density at radius 1 is 1.64 bits per heavy atom. The van der Waals surface area contributed by atoms with Gasteiger partial charge in [0.25, 0.3) is 0 Å². The highest BCUT2D eigenvalue weighted by Crippen LogP contribution is 2.44. The van der Waals surface area contributed by atoms with Gasteiger partial charge < -0.3 is 10.1 Å². The van der Waals surface area contributed by atoms with Gasteiger partial charge in [0.15, 0.2) is 9.84 Å². The number of sulfone groups is 1. The number of esters is 1. The van der Waals surface area contributed by atoms with E-state index in [-0.39, 0.29) is 11.7 Å². The van der Waals surface area contributed by atoms with E-state index in [4.69, 9.17) is 4.74 Å². The molecule has 0 radical (unpaired) electrons. The molecule has 0 bridgehead atoms. The molecule has 0 amide bonds. The van der Waals surface area contributed by atoms with Gasteiger partial charge in [-0.1, -0.05) is 0 Å². The highest BCUT2D eigenvalue weighted by atomic mass is 32.2. The topological polar surface area (TPSA) is 72.5 Å². The molecule has 5 nitrogen and oxygen atoms in total. The van der Waals surface area contributed by atoms with Crippen LogP contribution in [0.3, 0.4) is 0 Å². The van der Waals surface area contributed by atoms with Crippen LogP contribution in [0.1, 0.15) is 6.92 Å². The Morgan fingerprint density at radius 2 is 2.36 bits per heavy atom. The first kappa shape index (κ1) is 9.92. The Bertz CT molecular complexity index is 364. The van der Waals surface area contributed by atoms with Crippen molar-refractivity contribution in [3.63, 3.8) is 0 Å². The molecule has 2 fully saturated rings. The number of carbonyl (C=O) groups is 1. The summed E-state index contributed by atoms with van der Waals surface area (Å²) < 4.78 is 27.6. The van der Waals surface area contributed by atoms with Crippen LogP contribution >= 0.6 is 0 Å². The summed E-state index contributed by atoms with van der Waals surface area (Å²) in [6.07, 6.45) is 0. The van der Waals surface area contributed by atoms with Gasteiger partial charge in [-0.3, -0.25) is 4.79 Å². The minimum absolute atomic E-state index is 0.0590. The lowest BCUT2D eigenvalue weighted by Gasteiger charge is -2.40. The lowest BCUT2D eigenvalue weighted by molar-refractivity contribution is -0.153. The predicted octanol–water partition coefficient (Wildman–Crippen LogP) is -1.06. The molecule has 6 heteroatoms. The molecule has 2 aliphatic heterocycles. The predicted molar refractivity (Wildman–Crippen MR) is 49.5 cm³/mol. The molecule has 0 aromatic carbocycles. The Hall–Kier alpha value is -0.620. The molecule has 2 atom stereocenters. The van der Waals surface area contributed by atoms with E-state index in [2.05, 4.69) is 5.32 Å². The van der Waals surface area contributed by atoms with Crippen LogP contribution in [0.4, 0.5) is 0 Å². The van der Waals surface area contributed by atoms with Crippen molar-refractivity contribution in [2.45, 2.75) is 12.2 Å². The second-order valence-electron chi connectivity index (χ2n) is 3.80. The minimum Gasteiger partial charge on any atom is -0.465 e. The fourth-order valence-corrected chi connectivity index (χ4v) is 4.61. The van der Waals surface area contributed by atoms with Crippen LogP contribution in [0, 0.1) is 5.41 Å². The van der Waals surface area contributed by atoms with E-state index in [1.807, 2.05) is 0 Å². The summed E-state index contributed by atoms with van der Waals surface area (Å²) >= 11 is 0. The number of hydrogen-bond donors (Lipinski definition) is 1. The van der Waals surface area contributed by atoms with Crippen molar-refractivity contribution in [1.82, 2.24) is 5.32 Å². The maximum Gasteiger partial charge on any atom is 0.315 e. The van der Waals surface area contributed by atoms with Crippen molar-refractivity contribution in [3.05, 3.63) is 0 Å². The van der Waals surface area contributed by atoms with Crippen LogP contribution in [0.15, 0.2) is 0 Å². The third-order valence-corrected chi connectivity index (χ3v) is 5.36. The smallest absolute Gasteiger partial charge is 0.315 e. The molecule has 0 aromatic heterocycles. The maximum atomic E-state index is 11.6. The second kappa shape index (κ2) is 2.93. The van der Waals surface area contributed by atoms with Crippen LogP contribution < -0.4 is 5.32 Å². The van der Waals surface area contributed by atoms with Gasteiger partial charge in [0.05, 0.1) is 17.6 Å². The first-order chi connectivity index (χ1) is 6.53. The van der Waals surface area contributed by atoms with Gasteiger partial charge in [0.2, 0.25) is 0 Å². The molecule has 1 N–H and O–H groups in total. The van der Waals surface area contributed by atoms with Crippen molar-refractivity contribution in [1.29, 1.82) is 0 Å². The Balaban J connectivity index is 2.22. The number of ether oxygens (including phenoxy) is 1. The van der Waals surface area contributed by atoms with Crippen molar-refractivity contribution in [2.75, 3.05) is 25.4 Å². The minimum atomic E-state index is -3.04. The lowest BCUT2D eigenvalue weighted by Crippen LogP contribution is -2.61. The van der Waals surface area contributed by atoms with E-state index in [0.717, 1.165) is 0 Å². The largest absolute Gasteiger partial charge is 0.465 e. The quantitative estimate of drug-likeness (QED) is 0.599.